The van der Waals surface area contributed by atoms with Crippen molar-refractivity contribution in [1.82, 2.24) is 0 Å². The van der Waals surface area contributed by atoms with Gasteiger partial charge < -0.3 is 9.64 Å². The minimum absolute atomic E-state index is 0.203. The van der Waals surface area contributed by atoms with Gasteiger partial charge in [-0.3, -0.25) is 9.59 Å². The van der Waals surface area contributed by atoms with Gasteiger partial charge >= 0.3 is 5.97 Å². The van der Waals surface area contributed by atoms with Crippen LogP contribution in [0, 0.1) is 16.7 Å². The summed E-state index contributed by atoms with van der Waals surface area (Å²) in [5.41, 5.74) is 0.972. The molecule has 1 aliphatic heterocycles. The standard InChI is InChI=1S/C21H20N2O3/c1-3-15-9-11-17(12-10-15)23-18(24)13-21(14-22,20(25)26-2)19(23)16-7-5-4-6-8-16/h4-12,19H,3,13H2,1-2H3/t19-,21+/m1/s1. The quantitative estimate of drug-likeness (QED) is 0.794. The Morgan fingerprint density at radius 1 is 1.23 bits per heavy atom. The van der Waals surface area contributed by atoms with E-state index in [-0.39, 0.29) is 12.3 Å². The van der Waals surface area contributed by atoms with Crippen molar-refractivity contribution in [3.63, 3.8) is 0 Å². The van der Waals surface area contributed by atoms with E-state index in [1.807, 2.05) is 54.6 Å². The predicted molar refractivity (Wildman–Crippen MR) is 97.2 cm³/mol. The van der Waals surface area contributed by atoms with E-state index in [9.17, 15) is 14.9 Å². The number of nitriles is 1. The Morgan fingerprint density at radius 2 is 1.88 bits per heavy atom. The molecule has 0 aromatic heterocycles. The molecule has 0 aliphatic carbocycles. The van der Waals surface area contributed by atoms with Crippen molar-refractivity contribution in [2.45, 2.75) is 25.8 Å². The number of ether oxygens (including phenoxy) is 1. The molecule has 2 atom stereocenters. The molecule has 3 rings (SSSR count). The molecule has 0 saturated carbocycles. The lowest BCUT2D eigenvalue weighted by molar-refractivity contribution is -0.150. The zero-order chi connectivity index (χ0) is 18.7. The minimum atomic E-state index is -1.57. The summed E-state index contributed by atoms with van der Waals surface area (Å²) in [6.07, 6.45) is 0.686. The molecule has 0 unspecified atom stereocenters. The zero-order valence-electron chi connectivity index (χ0n) is 14.8. The van der Waals surface area contributed by atoms with Crippen LogP contribution in [0.5, 0.6) is 0 Å². The number of esters is 1. The predicted octanol–water partition coefficient (Wildman–Crippen LogP) is 3.41. The van der Waals surface area contributed by atoms with Crippen LogP contribution in [0.4, 0.5) is 5.69 Å². The smallest absolute Gasteiger partial charge is 0.329 e. The van der Waals surface area contributed by atoms with Crippen molar-refractivity contribution in [2.24, 2.45) is 5.41 Å². The highest BCUT2D eigenvalue weighted by atomic mass is 16.5. The molecular formula is C21H20N2O3. The number of hydrogen-bond donors (Lipinski definition) is 0. The van der Waals surface area contributed by atoms with Crippen molar-refractivity contribution < 1.29 is 14.3 Å². The maximum atomic E-state index is 12.9. The lowest BCUT2D eigenvalue weighted by atomic mass is 9.78. The zero-order valence-corrected chi connectivity index (χ0v) is 14.8. The summed E-state index contributed by atoms with van der Waals surface area (Å²) in [6, 6.07) is 18.1. The molecule has 1 saturated heterocycles. The van der Waals surface area contributed by atoms with Crippen LogP contribution in [0.15, 0.2) is 54.6 Å². The van der Waals surface area contributed by atoms with Crippen LogP contribution in [-0.4, -0.2) is 19.0 Å². The summed E-state index contributed by atoms with van der Waals surface area (Å²) in [5.74, 6) is -0.954. The van der Waals surface area contributed by atoms with Gasteiger partial charge in [0.25, 0.3) is 0 Å². The Balaban J connectivity index is 2.17. The van der Waals surface area contributed by atoms with Gasteiger partial charge in [-0.25, -0.2) is 0 Å². The number of aryl methyl sites for hydroxylation is 1. The van der Waals surface area contributed by atoms with Crippen LogP contribution in [0.3, 0.4) is 0 Å². The number of carbonyl (C=O) groups is 2. The van der Waals surface area contributed by atoms with Crippen LogP contribution < -0.4 is 4.90 Å². The van der Waals surface area contributed by atoms with E-state index in [0.717, 1.165) is 17.5 Å². The number of nitrogens with zero attached hydrogens (tertiary/aromatic N) is 2. The molecule has 5 nitrogen and oxygen atoms in total. The average Bonchev–Trinajstić information content (AvgIpc) is 3.01. The van der Waals surface area contributed by atoms with Gasteiger partial charge in [-0.15, -0.1) is 0 Å². The molecule has 1 aliphatic rings. The van der Waals surface area contributed by atoms with Crippen molar-refractivity contribution in [3.05, 3.63) is 65.7 Å². The van der Waals surface area contributed by atoms with Crippen molar-refractivity contribution in [2.75, 3.05) is 12.0 Å². The van der Waals surface area contributed by atoms with Gasteiger partial charge in [-0.1, -0.05) is 49.4 Å². The van der Waals surface area contributed by atoms with E-state index in [4.69, 9.17) is 4.74 Å². The summed E-state index contributed by atoms with van der Waals surface area (Å²) in [7, 11) is 1.24. The van der Waals surface area contributed by atoms with E-state index >= 15 is 0 Å². The largest absolute Gasteiger partial charge is 0.468 e. The van der Waals surface area contributed by atoms with E-state index < -0.39 is 17.4 Å². The molecule has 132 valence electrons. The monoisotopic (exact) mass is 348 g/mol. The molecule has 1 fully saturated rings. The first-order chi connectivity index (χ1) is 12.6. The summed E-state index contributed by atoms with van der Waals surface area (Å²) in [6.45, 7) is 2.06. The van der Waals surface area contributed by atoms with Crippen LogP contribution >= 0.6 is 0 Å². The van der Waals surface area contributed by atoms with Gasteiger partial charge in [0.05, 0.1) is 25.6 Å². The summed E-state index contributed by atoms with van der Waals surface area (Å²) in [4.78, 5) is 27.0. The number of rotatable bonds is 4. The molecule has 0 spiro atoms. The molecule has 0 N–H and O–H groups in total. The van der Waals surface area contributed by atoms with E-state index in [2.05, 4.69) is 13.0 Å². The van der Waals surface area contributed by atoms with Gasteiger partial charge in [0, 0.05) is 5.69 Å². The molecule has 2 aromatic carbocycles. The topological polar surface area (TPSA) is 70.4 Å². The molecular weight excluding hydrogens is 328 g/mol. The molecule has 2 aromatic rings. The Morgan fingerprint density at radius 3 is 2.42 bits per heavy atom. The van der Waals surface area contributed by atoms with Crippen molar-refractivity contribution in [3.8, 4) is 6.07 Å². The lowest BCUT2D eigenvalue weighted by Crippen LogP contribution is -2.38. The Hall–Kier alpha value is -3.13. The Bertz CT molecular complexity index is 855. The molecule has 5 heteroatoms. The highest BCUT2D eigenvalue weighted by molar-refractivity contribution is 6.03. The molecule has 1 heterocycles. The number of amides is 1. The maximum Gasteiger partial charge on any atom is 0.329 e. The van der Waals surface area contributed by atoms with Gasteiger partial charge in [0.1, 0.15) is 0 Å². The van der Waals surface area contributed by atoms with Crippen LogP contribution in [0.1, 0.15) is 30.5 Å². The maximum absolute atomic E-state index is 12.9. The average molecular weight is 348 g/mol. The van der Waals surface area contributed by atoms with E-state index in [1.54, 1.807) is 4.90 Å². The van der Waals surface area contributed by atoms with Crippen LogP contribution in [0.25, 0.3) is 0 Å². The molecule has 0 bridgehead atoms. The second-order valence-electron chi connectivity index (χ2n) is 6.35. The fourth-order valence-corrected chi connectivity index (χ4v) is 3.55. The third-order valence-corrected chi connectivity index (χ3v) is 4.91. The van der Waals surface area contributed by atoms with Gasteiger partial charge in [0.15, 0.2) is 5.41 Å². The van der Waals surface area contributed by atoms with Gasteiger partial charge in [-0.05, 0) is 29.7 Å². The SMILES string of the molecule is CCc1ccc(N2C(=O)C[C@@](C#N)(C(=O)OC)[C@H]2c2ccccc2)cc1. The lowest BCUT2D eigenvalue weighted by Gasteiger charge is -2.31. The Kier molecular flexibility index (Phi) is 4.77. The second-order valence-corrected chi connectivity index (χ2v) is 6.35. The first-order valence-corrected chi connectivity index (χ1v) is 8.53. The molecule has 0 radical (unpaired) electrons. The summed E-state index contributed by atoms with van der Waals surface area (Å²) < 4.78 is 4.91. The van der Waals surface area contributed by atoms with Crippen LogP contribution in [0.2, 0.25) is 0 Å². The summed E-state index contributed by atoms with van der Waals surface area (Å²) in [5, 5.41) is 9.88. The van der Waals surface area contributed by atoms with Gasteiger partial charge in [0.2, 0.25) is 5.91 Å². The van der Waals surface area contributed by atoms with E-state index in [1.165, 1.54) is 7.11 Å². The van der Waals surface area contributed by atoms with Crippen molar-refractivity contribution >= 4 is 17.6 Å². The first kappa shape index (κ1) is 17.7. The number of benzene rings is 2. The fourth-order valence-electron chi connectivity index (χ4n) is 3.55. The minimum Gasteiger partial charge on any atom is -0.468 e. The number of anilines is 1. The van der Waals surface area contributed by atoms with Crippen LogP contribution in [-0.2, 0) is 20.7 Å². The number of hydrogen-bond acceptors (Lipinski definition) is 4. The van der Waals surface area contributed by atoms with Crippen molar-refractivity contribution in [1.29, 1.82) is 5.26 Å². The summed E-state index contributed by atoms with van der Waals surface area (Å²) >= 11 is 0. The fraction of sp³-hybridized carbons (Fsp3) is 0.286. The highest BCUT2D eigenvalue weighted by Gasteiger charge is 2.59. The first-order valence-electron chi connectivity index (χ1n) is 8.53. The highest BCUT2D eigenvalue weighted by Crippen LogP contribution is 2.50. The van der Waals surface area contributed by atoms with Gasteiger partial charge in [-0.2, -0.15) is 5.26 Å². The third kappa shape index (κ3) is 2.74. The number of carbonyl (C=O) groups excluding carboxylic acids is 2. The normalized spacial score (nSPS) is 22.1. The third-order valence-electron chi connectivity index (χ3n) is 4.91. The van der Waals surface area contributed by atoms with E-state index in [0.29, 0.717) is 5.69 Å². The molecule has 26 heavy (non-hydrogen) atoms. The molecule has 1 amide bonds. The Labute approximate surface area is 152 Å². The second kappa shape index (κ2) is 7.01. The number of methoxy groups -OCH3 is 1.